The second-order valence-corrected chi connectivity index (χ2v) is 11.1. The van der Waals surface area contributed by atoms with Crippen molar-refractivity contribution in [1.29, 1.82) is 0 Å². The molecule has 4 heterocycles. The Morgan fingerprint density at radius 2 is 1.87 bits per heavy atom. The second-order valence-electron chi connectivity index (χ2n) is 9.88. The smallest absolute Gasteiger partial charge is 0.334 e. The van der Waals surface area contributed by atoms with Crippen molar-refractivity contribution in [2.75, 3.05) is 57.2 Å². The second kappa shape index (κ2) is 10.8. The summed E-state index contributed by atoms with van der Waals surface area (Å²) in [4.78, 5) is 32.3. The van der Waals surface area contributed by atoms with Crippen LogP contribution in [0.2, 0.25) is 0 Å². The van der Waals surface area contributed by atoms with Crippen LogP contribution in [0.5, 0.6) is 0 Å². The predicted octanol–water partition coefficient (Wildman–Crippen LogP) is 1.69. The highest BCUT2D eigenvalue weighted by Gasteiger charge is 2.26. The normalized spacial score (nSPS) is 17.3. The molecule has 2 aliphatic rings. The first kappa shape index (κ1) is 26.3. The first-order chi connectivity index (χ1) is 18.2. The van der Waals surface area contributed by atoms with E-state index in [0.29, 0.717) is 43.6 Å². The molecule has 1 aliphatic heterocycles. The van der Waals surface area contributed by atoms with Gasteiger partial charge in [-0.15, -0.1) is 0 Å². The summed E-state index contributed by atoms with van der Waals surface area (Å²) in [7, 11) is -0.426. The van der Waals surface area contributed by atoms with Gasteiger partial charge in [0.25, 0.3) is 5.91 Å². The number of aromatic nitrogens is 4. The molecule has 0 aromatic carbocycles. The molecule has 38 heavy (non-hydrogen) atoms. The first-order valence-corrected chi connectivity index (χ1v) is 14.1. The summed E-state index contributed by atoms with van der Waals surface area (Å²) in [5.74, 6) is 0.985. The minimum absolute atomic E-state index is 0.0422. The molecule has 3 N–H and O–H groups in total. The van der Waals surface area contributed by atoms with Gasteiger partial charge in [-0.1, -0.05) is 12.8 Å². The van der Waals surface area contributed by atoms with Gasteiger partial charge in [0, 0.05) is 57.9 Å². The lowest BCUT2D eigenvalue weighted by atomic mass is 10.2. The molecule has 2 fully saturated rings. The van der Waals surface area contributed by atoms with E-state index in [2.05, 4.69) is 28.9 Å². The first-order valence-electron chi connectivity index (χ1n) is 12.6. The van der Waals surface area contributed by atoms with Gasteiger partial charge < -0.3 is 19.7 Å². The third kappa shape index (κ3) is 5.88. The van der Waals surface area contributed by atoms with Crippen molar-refractivity contribution in [2.45, 2.75) is 31.7 Å². The molecule has 204 valence electrons. The number of carbonyl (C=O) groups excluding carboxylic acids is 1. The van der Waals surface area contributed by atoms with Gasteiger partial charge in [0.2, 0.25) is 5.95 Å². The van der Waals surface area contributed by atoms with E-state index in [1.54, 1.807) is 31.4 Å². The topological polar surface area (TPSA) is 152 Å². The van der Waals surface area contributed by atoms with Crippen molar-refractivity contribution < 1.29 is 17.4 Å². The lowest BCUT2D eigenvalue weighted by Crippen LogP contribution is -2.47. The van der Waals surface area contributed by atoms with E-state index in [9.17, 15) is 13.2 Å². The number of nitrogens with two attached hydrogens (primary N) is 1. The Hall–Kier alpha value is -3.33. The number of nitrogens with one attached hydrogen (secondary N) is 1. The van der Waals surface area contributed by atoms with Crippen molar-refractivity contribution in [3.8, 4) is 0 Å². The van der Waals surface area contributed by atoms with Crippen molar-refractivity contribution in [2.24, 2.45) is 5.14 Å². The molecule has 0 bridgehead atoms. The zero-order valence-electron chi connectivity index (χ0n) is 21.6. The number of pyridine rings is 1. The lowest BCUT2D eigenvalue weighted by molar-refractivity contribution is 0.0815. The largest absolute Gasteiger partial charge is 0.368 e. The maximum Gasteiger partial charge on any atom is 0.334 e. The van der Waals surface area contributed by atoms with Crippen LogP contribution in [0.1, 0.15) is 42.2 Å². The van der Waals surface area contributed by atoms with Crippen LogP contribution >= 0.6 is 0 Å². The van der Waals surface area contributed by atoms with Gasteiger partial charge >= 0.3 is 10.3 Å². The fourth-order valence-corrected chi connectivity index (χ4v) is 5.33. The molecule has 1 saturated carbocycles. The summed E-state index contributed by atoms with van der Waals surface area (Å²) in [6.45, 7) is 2.64. The van der Waals surface area contributed by atoms with Crippen LogP contribution in [-0.2, 0) is 14.5 Å². The van der Waals surface area contributed by atoms with Crippen LogP contribution < -0.4 is 15.4 Å². The van der Waals surface area contributed by atoms with E-state index in [-0.39, 0.29) is 18.7 Å². The van der Waals surface area contributed by atoms with E-state index in [1.165, 1.54) is 0 Å². The van der Waals surface area contributed by atoms with E-state index < -0.39 is 10.3 Å². The maximum atomic E-state index is 12.9. The molecule has 3 aromatic rings. The summed E-state index contributed by atoms with van der Waals surface area (Å²) in [5.41, 5.74) is 2.35. The standard InChI is InChI=1S/C24H33N9O4S/c1-30(2)23(34)20-13-17-14-27-24(29-22(17)33(20)18-5-3-4-6-18)28-21-8-7-19(15-26-21)32-11-9-31(10-12-32)16-37-38(25,35)36/h7-8,13-15,18H,3-6,9-12,16H2,1-2H3,(H2,25,35,36)(H,26,27,28,29). The van der Waals surface area contributed by atoms with Crippen LogP contribution in [0.3, 0.4) is 0 Å². The van der Waals surface area contributed by atoms with E-state index in [4.69, 9.17) is 10.1 Å². The number of piperazine rings is 1. The molecule has 3 aromatic heterocycles. The Morgan fingerprint density at radius 3 is 2.50 bits per heavy atom. The molecule has 0 unspecified atom stereocenters. The van der Waals surface area contributed by atoms with Gasteiger partial charge in [-0.2, -0.15) is 13.4 Å². The molecule has 14 heteroatoms. The van der Waals surface area contributed by atoms with Crippen LogP contribution in [-0.4, -0.2) is 90.6 Å². The fraction of sp³-hybridized carbons (Fsp3) is 0.500. The zero-order valence-corrected chi connectivity index (χ0v) is 22.4. The van der Waals surface area contributed by atoms with Gasteiger partial charge in [-0.25, -0.2) is 19.3 Å². The number of amides is 1. The summed E-state index contributed by atoms with van der Waals surface area (Å²) >= 11 is 0. The summed E-state index contributed by atoms with van der Waals surface area (Å²) in [6.07, 6.45) is 7.87. The Bertz CT molecular complexity index is 1390. The van der Waals surface area contributed by atoms with Gasteiger partial charge in [-0.3, -0.25) is 9.69 Å². The molecule has 5 rings (SSSR count). The average molecular weight is 544 g/mol. The van der Waals surface area contributed by atoms with Crippen molar-refractivity contribution >= 4 is 44.7 Å². The van der Waals surface area contributed by atoms with Crippen molar-refractivity contribution in [3.05, 3.63) is 36.3 Å². The number of anilines is 3. The minimum Gasteiger partial charge on any atom is -0.368 e. The van der Waals surface area contributed by atoms with Gasteiger partial charge in [0.15, 0.2) is 0 Å². The number of hydrogen-bond acceptors (Lipinski definition) is 10. The van der Waals surface area contributed by atoms with Crippen molar-refractivity contribution in [3.63, 3.8) is 0 Å². The van der Waals surface area contributed by atoms with Gasteiger partial charge in [0.1, 0.15) is 23.9 Å². The molecule has 1 amide bonds. The Labute approximate surface area is 221 Å². The molecule has 0 atom stereocenters. The monoisotopic (exact) mass is 543 g/mol. The van der Waals surface area contributed by atoms with Gasteiger partial charge in [-0.05, 0) is 31.0 Å². The maximum absolute atomic E-state index is 12.9. The number of hydrogen-bond donors (Lipinski definition) is 2. The summed E-state index contributed by atoms with van der Waals surface area (Å²) in [5, 5.41) is 8.93. The third-order valence-corrected chi connectivity index (χ3v) is 7.45. The van der Waals surface area contributed by atoms with Crippen molar-refractivity contribution in [1.82, 2.24) is 29.3 Å². The van der Waals surface area contributed by atoms with Crippen LogP contribution in [0.25, 0.3) is 11.0 Å². The minimum atomic E-state index is -3.95. The van der Waals surface area contributed by atoms with E-state index in [0.717, 1.165) is 42.4 Å². The quantitative estimate of drug-likeness (QED) is 0.429. The van der Waals surface area contributed by atoms with Crippen LogP contribution in [0, 0.1) is 0 Å². The highest BCUT2D eigenvalue weighted by Crippen LogP contribution is 2.35. The molecular formula is C24H33N9O4S. The highest BCUT2D eigenvalue weighted by molar-refractivity contribution is 7.84. The Morgan fingerprint density at radius 1 is 1.13 bits per heavy atom. The Balaban J connectivity index is 1.28. The van der Waals surface area contributed by atoms with Crippen LogP contribution in [0.4, 0.5) is 17.5 Å². The lowest BCUT2D eigenvalue weighted by Gasteiger charge is -2.35. The number of carbonyl (C=O) groups is 1. The number of nitrogens with zero attached hydrogens (tertiary/aromatic N) is 7. The van der Waals surface area contributed by atoms with E-state index in [1.807, 2.05) is 23.1 Å². The van der Waals surface area contributed by atoms with Gasteiger partial charge in [0.05, 0.1) is 11.9 Å². The summed E-state index contributed by atoms with van der Waals surface area (Å²) in [6, 6.07) is 5.97. The average Bonchev–Trinajstić information content (AvgIpc) is 3.55. The summed E-state index contributed by atoms with van der Waals surface area (Å²) < 4.78 is 28.7. The molecular weight excluding hydrogens is 510 g/mol. The van der Waals surface area contributed by atoms with E-state index >= 15 is 0 Å². The highest BCUT2D eigenvalue weighted by atomic mass is 32.2. The fourth-order valence-electron chi connectivity index (χ4n) is 5.04. The predicted molar refractivity (Wildman–Crippen MR) is 143 cm³/mol. The third-order valence-electron chi connectivity index (χ3n) is 7.02. The number of rotatable bonds is 8. The number of fused-ring (bicyclic) bond motifs is 1. The van der Waals surface area contributed by atoms with Crippen LogP contribution in [0.15, 0.2) is 30.6 Å². The molecule has 1 aliphatic carbocycles. The zero-order chi connectivity index (χ0) is 26.9. The Kier molecular flexibility index (Phi) is 7.47. The molecule has 13 nitrogen and oxygen atoms in total. The SMILES string of the molecule is CN(C)C(=O)c1cc2cnc(Nc3ccc(N4CCN(COS(N)(=O)=O)CC4)cn3)nc2n1C1CCCC1. The molecule has 0 spiro atoms. The molecule has 1 saturated heterocycles. The molecule has 0 radical (unpaired) electrons.